The van der Waals surface area contributed by atoms with Crippen LogP contribution in [0.25, 0.3) is 0 Å². The third-order valence-electron chi connectivity index (χ3n) is 2.67. The van der Waals surface area contributed by atoms with Crippen molar-refractivity contribution >= 4 is 5.91 Å². The minimum absolute atomic E-state index is 0.0300. The van der Waals surface area contributed by atoms with Crippen molar-refractivity contribution in [3.63, 3.8) is 0 Å². The van der Waals surface area contributed by atoms with Gasteiger partial charge in [0.1, 0.15) is 0 Å². The molecule has 0 bridgehead atoms. The van der Waals surface area contributed by atoms with Crippen molar-refractivity contribution < 1.29 is 9.90 Å². The van der Waals surface area contributed by atoms with E-state index in [0.717, 1.165) is 12.8 Å². The minimum atomic E-state index is -0.171. The monoisotopic (exact) mass is 230 g/mol. The predicted molar refractivity (Wildman–Crippen MR) is 66.2 cm³/mol. The van der Waals surface area contributed by atoms with Crippen LogP contribution < -0.4 is 10.6 Å². The van der Waals surface area contributed by atoms with Gasteiger partial charge >= 0.3 is 0 Å². The first-order valence-corrected chi connectivity index (χ1v) is 6.06. The summed E-state index contributed by atoms with van der Waals surface area (Å²) < 4.78 is 0. The maximum atomic E-state index is 11.5. The van der Waals surface area contributed by atoms with Crippen molar-refractivity contribution in [2.24, 2.45) is 5.41 Å². The molecule has 0 aliphatic carbocycles. The van der Waals surface area contributed by atoms with Crippen molar-refractivity contribution in [1.29, 1.82) is 0 Å². The SMILES string of the molecule is CCC(CC)NC(=O)CNCC(C)(C)CO. The molecule has 0 saturated carbocycles. The second kappa shape index (κ2) is 7.63. The van der Waals surface area contributed by atoms with Gasteiger partial charge < -0.3 is 15.7 Å². The zero-order chi connectivity index (χ0) is 12.6. The normalized spacial score (nSPS) is 11.9. The Morgan fingerprint density at radius 2 is 1.88 bits per heavy atom. The van der Waals surface area contributed by atoms with E-state index in [1.54, 1.807) is 0 Å². The smallest absolute Gasteiger partial charge is 0.234 e. The average molecular weight is 230 g/mol. The van der Waals surface area contributed by atoms with Crippen LogP contribution in [0.4, 0.5) is 0 Å². The van der Waals surface area contributed by atoms with E-state index in [2.05, 4.69) is 24.5 Å². The molecule has 1 amide bonds. The molecule has 16 heavy (non-hydrogen) atoms. The van der Waals surface area contributed by atoms with E-state index in [4.69, 9.17) is 5.11 Å². The molecule has 0 aliphatic heterocycles. The van der Waals surface area contributed by atoms with Gasteiger partial charge in [0, 0.05) is 24.6 Å². The quantitative estimate of drug-likeness (QED) is 0.580. The van der Waals surface area contributed by atoms with E-state index in [9.17, 15) is 4.79 Å². The third-order valence-corrected chi connectivity index (χ3v) is 2.67. The Morgan fingerprint density at radius 3 is 2.31 bits per heavy atom. The fourth-order valence-corrected chi connectivity index (χ4v) is 1.34. The van der Waals surface area contributed by atoms with Crippen LogP contribution in [-0.4, -0.2) is 36.8 Å². The van der Waals surface area contributed by atoms with Crippen LogP contribution in [-0.2, 0) is 4.79 Å². The Morgan fingerprint density at radius 1 is 1.31 bits per heavy atom. The number of hydrogen-bond acceptors (Lipinski definition) is 3. The van der Waals surface area contributed by atoms with Gasteiger partial charge in [0.2, 0.25) is 5.91 Å². The van der Waals surface area contributed by atoms with E-state index in [1.807, 2.05) is 13.8 Å². The summed E-state index contributed by atoms with van der Waals surface area (Å²) in [5.74, 6) is 0.0300. The minimum Gasteiger partial charge on any atom is -0.396 e. The summed E-state index contributed by atoms with van der Waals surface area (Å²) >= 11 is 0. The molecular weight excluding hydrogens is 204 g/mol. The maximum Gasteiger partial charge on any atom is 0.234 e. The summed E-state index contributed by atoms with van der Waals surface area (Å²) in [7, 11) is 0. The van der Waals surface area contributed by atoms with Gasteiger partial charge in [-0.25, -0.2) is 0 Å². The second-order valence-corrected chi connectivity index (χ2v) is 5.01. The highest BCUT2D eigenvalue weighted by Gasteiger charge is 2.16. The fraction of sp³-hybridized carbons (Fsp3) is 0.917. The zero-order valence-corrected chi connectivity index (χ0v) is 11.0. The number of hydrogen-bond donors (Lipinski definition) is 3. The molecule has 0 atom stereocenters. The van der Waals surface area contributed by atoms with Crippen molar-refractivity contribution in [2.45, 2.75) is 46.6 Å². The number of aliphatic hydroxyl groups excluding tert-OH is 1. The Labute approximate surface area is 98.8 Å². The Bertz CT molecular complexity index is 201. The highest BCUT2D eigenvalue weighted by atomic mass is 16.3. The van der Waals surface area contributed by atoms with Gasteiger partial charge in [-0.1, -0.05) is 27.7 Å². The Hall–Kier alpha value is -0.610. The van der Waals surface area contributed by atoms with Gasteiger partial charge in [-0.2, -0.15) is 0 Å². The van der Waals surface area contributed by atoms with Crippen LogP contribution in [0.2, 0.25) is 0 Å². The first kappa shape index (κ1) is 15.4. The summed E-state index contributed by atoms with van der Waals surface area (Å²) in [6.45, 7) is 9.12. The summed E-state index contributed by atoms with van der Waals surface area (Å²) in [5, 5.41) is 15.1. The summed E-state index contributed by atoms with van der Waals surface area (Å²) in [4.78, 5) is 11.5. The van der Waals surface area contributed by atoms with Crippen LogP contribution in [0.5, 0.6) is 0 Å². The van der Waals surface area contributed by atoms with Gasteiger partial charge in [-0.05, 0) is 12.8 Å². The topological polar surface area (TPSA) is 61.4 Å². The highest BCUT2D eigenvalue weighted by Crippen LogP contribution is 2.10. The molecule has 0 aromatic heterocycles. The van der Waals surface area contributed by atoms with E-state index in [-0.39, 0.29) is 24.0 Å². The van der Waals surface area contributed by atoms with Crippen molar-refractivity contribution in [2.75, 3.05) is 19.7 Å². The van der Waals surface area contributed by atoms with Gasteiger partial charge in [0.25, 0.3) is 0 Å². The first-order chi connectivity index (χ1) is 7.45. The van der Waals surface area contributed by atoms with Crippen LogP contribution in [0, 0.1) is 5.41 Å². The van der Waals surface area contributed by atoms with Gasteiger partial charge in [-0.15, -0.1) is 0 Å². The van der Waals surface area contributed by atoms with Crippen molar-refractivity contribution in [3.8, 4) is 0 Å². The van der Waals surface area contributed by atoms with E-state index in [1.165, 1.54) is 0 Å². The molecule has 0 aromatic rings. The number of rotatable bonds is 8. The molecule has 3 N–H and O–H groups in total. The number of aliphatic hydroxyl groups is 1. The van der Waals surface area contributed by atoms with Crippen LogP contribution in [0.3, 0.4) is 0 Å². The van der Waals surface area contributed by atoms with Crippen LogP contribution >= 0.6 is 0 Å². The van der Waals surface area contributed by atoms with Gasteiger partial charge in [0.15, 0.2) is 0 Å². The molecule has 0 spiro atoms. The van der Waals surface area contributed by atoms with E-state index in [0.29, 0.717) is 13.1 Å². The molecule has 4 nitrogen and oxygen atoms in total. The molecule has 0 unspecified atom stereocenters. The molecule has 0 aromatic carbocycles. The molecule has 0 fully saturated rings. The van der Waals surface area contributed by atoms with Crippen LogP contribution in [0.15, 0.2) is 0 Å². The number of amides is 1. The Kier molecular flexibility index (Phi) is 7.34. The van der Waals surface area contributed by atoms with Gasteiger partial charge in [-0.3, -0.25) is 4.79 Å². The second-order valence-electron chi connectivity index (χ2n) is 5.01. The van der Waals surface area contributed by atoms with Gasteiger partial charge in [0.05, 0.1) is 6.54 Å². The number of carbonyl (C=O) groups is 1. The Balaban J connectivity index is 3.74. The molecular formula is C12H26N2O2. The van der Waals surface area contributed by atoms with E-state index >= 15 is 0 Å². The molecule has 0 aliphatic rings. The largest absolute Gasteiger partial charge is 0.396 e. The summed E-state index contributed by atoms with van der Waals surface area (Å²) in [5.41, 5.74) is -0.171. The average Bonchev–Trinajstić information content (AvgIpc) is 2.25. The molecule has 4 heteroatoms. The first-order valence-electron chi connectivity index (χ1n) is 6.06. The standard InChI is InChI=1S/C12H26N2O2/c1-5-10(6-2)14-11(16)7-13-8-12(3,4)9-15/h10,13,15H,5-9H2,1-4H3,(H,14,16). The molecule has 0 heterocycles. The number of nitrogens with one attached hydrogen (secondary N) is 2. The zero-order valence-electron chi connectivity index (χ0n) is 11.0. The lowest BCUT2D eigenvalue weighted by molar-refractivity contribution is -0.121. The number of carbonyl (C=O) groups excluding carboxylic acids is 1. The lowest BCUT2D eigenvalue weighted by Gasteiger charge is -2.22. The van der Waals surface area contributed by atoms with Crippen molar-refractivity contribution in [1.82, 2.24) is 10.6 Å². The lowest BCUT2D eigenvalue weighted by atomic mass is 9.95. The predicted octanol–water partition coefficient (Wildman–Crippen LogP) is 0.899. The molecule has 0 saturated heterocycles. The maximum absolute atomic E-state index is 11.5. The fourth-order valence-electron chi connectivity index (χ4n) is 1.34. The third kappa shape index (κ3) is 6.80. The lowest BCUT2D eigenvalue weighted by Crippen LogP contribution is -2.42. The highest BCUT2D eigenvalue weighted by molar-refractivity contribution is 5.78. The molecule has 0 radical (unpaired) electrons. The molecule has 96 valence electrons. The van der Waals surface area contributed by atoms with Crippen molar-refractivity contribution in [3.05, 3.63) is 0 Å². The van der Waals surface area contributed by atoms with Crippen LogP contribution in [0.1, 0.15) is 40.5 Å². The van der Waals surface area contributed by atoms with E-state index < -0.39 is 0 Å². The summed E-state index contributed by atoms with van der Waals surface area (Å²) in [6, 6.07) is 0.278. The molecule has 0 rings (SSSR count). The summed E-state index contributed by atoms with van der Waals surface area (Å²) in [6.07, 6.45) is 1.93.